The van der Waals surface area contributed by atoms with Crippen LogP contribution in [0.3, 0.4) is 0 Å². The Bertz CT molecular complexity index is 605. The molecule has 0 saturated carbocycles. The third-order valence-electron chi connectivity index (χ3n) is 3.18. The Hall–Kier alpha value is -1.96. The van der Waals surface area contributed by atoms with Crippen molar-refractivity contribution >= 4 is 39.1 Å². The summed E-state index contributed by atoms with van der Waals surface area (Å²) in [6.45, 7) is 2.31. The summed E-state index contributed by atoms with van der Waals surface area (Å²) >= 11 is 3.23. The molecule has 0 bridgehead atoms. The average molecular weight is 356 g/mol. The summed E-state index contributed by atoms with van der Waals surface area (Å²) in [5.74, 6) is -0.454. The lowest BCUT2D eigenvalue weighted by Crippen LogP contribution is -2.35. The molecule has 2 amide bonds. The number of likely N-dealkylation sites (tertiary alicyclic amines) is 1. The van der Waals surface area contributed by atoms with Gasteiger partial charge in [0.05, 0.1) is 11.3 Å². The number of amides is 2. The molecule has 112 valence electrons. The molecule has 2 rings (SSSR count). The number of nitro groups is 1. The zero-order chi connectivity index (χ0) is 15.6. The van der Waals surface area contributed by atoms with Crippen molar-refractivity contribution in [2.75, 3.05) is 11.9 Å². The highest BCUT2D eigenvalue weighted by atomic mass is 79.9. The molecule has 1 aromatic carbocycles. The van der Waals surface area contributed by atoms with Crippen molar-refractivity contribution in [2.45, 2.75) is 25.8 Å². The Kier molecular flexibility index (Phi) is 4.56. The molecule has 1 aliphatic rings. The van der Waals surface area contributed by atoms with Gasteiger partial charge < -0.3 is 5.32 Å². The Labute approximate surface area is 129 Å². The van der Waals surface area contributed by atoms with E-state index in [0.717, 1.165) is 0 Å². The highest BCUT2D eigenvalue weighted by Crippen LogP contribution is 2.29. The van der Waals surface area contributed by atoms with E-state index >= 15 is 0 Å². The molecule has 8 heteroatoms. The third kappa shape index (κ3) is 3.21. The molecule has 1 atom stereocenters. The minimum Gasteiger partial charge on any atom is -0.372 e. The number of nitrogens with zero attached hydrogens (tertiary/aromatic N) is 2. The molecule has 1 saturated heterocycles. The minimum absolute atomic E-state index is 0.0474. The summed E-state index contributed by atoms with van der Waals surface area (Å²) in [5, 5.41) is 13.6. The first kappa shape index (κ1) is 15.4. The van der Waals surface area contributed by atoms with Crippen molar-refractivity contribution in [1.82, 2.24) is 4.90 Å². The molecular weight excluding hydrogens is 342 g/mol. The number of carbonyl (C=O) groups is 2. The van der Waals surface area contributed by atoms with E-state index in [1.54, 1.807) is 0 Å². The Balaban J connectivity index is 2.14. The summed E-state index contributed by atoms with van der Waals surface area (Å²) in [6, 6.07) is 3.59. The van der Waals surface area contributed by atoms with Gasteiger partial charge in [0.1, 0.15) is 6.04 Å². The van der Waals surface area contributed by atoms with E-state index in [0.29, 0.717) is 23.1 Å². The predicted octanol–water partition coefficient (Wildman–Crippen LogP) is 2.31. The van der Waals surface area contributed by atoms with Gasteiger partial charge in [-0.3, -0.25) is 24.6 Å². The molecule has 0 aromatic heterocycles. The predicted molar refractivity (Wildman–Crippen MR) is 79.8 cm³/mol. The van der Waals surface area contributed by atoms with Crippen molar-refractivity contribution < 1.29 is 14.5 Å². The van der Waals surface area contributed by atoms with Crippen LogP contribution in [0.4, 0.5) is 11.4 Å². The van der Waals surface area contributed by atoms with Crippen molar-refractivity contribution in [3.8, 4) is 0 Å². The number of nitro benzene ring substituents is 1. The topological polar surface area (TPSA) is 92.6 Å². The van der Waals surface area contributed by atoms with E-state index < -0.39 is 11.0 Å². The first-order valence-electron chi connectivity index (χ1n) is 6.48. The van der Waals surface area contributed by atoms with Crippen molar-refractivity contribution in [1.29, 1.82) is 0 Å². The number of anilines is 1. The maximum absolute atomic E-state index is 12.1. The normalized spacial score (nSPS) is 18.2. The molecule has 7 nitrogen and oxygen atoms in total. The van der Waals surface area contributed by atoms with Gasteiger partial charge in [-0.25, -0.2) is 0 Å². The Morgan fingerprint density at radius 1 is 1.48 bits per heavy atom. The number of nitrogens with one attached hydrogen (secondary N) is 1. The fraction of sp³-hybridized carbons (Fsp3) is 0.385. The fourth-order valence-electron chi connectivity index (χ4n) is 2.18. The van der Waals surface area contributed by atoms with E-state index in [1.807, 2.05) is 6.92 Å². The molecule has 1 aromatic rings. The van der Waals surface area contributed by atoms with Gasteiger partial charge in [0.15, 0.2) is 0 Å². The Morgan fingerprint density at radius 2 is 2.19 bits per heavy atom. The van der Waals surface area contributed by atoms with Crippen molar-refractivity contribution in [2.24, 2.45) is 0 Å². The van der Waals surface area contributed by atoms with Crippen molar-refractivity contribution in [3.05, 3.63) is 32.8 Å². The van der Waals surface area contributed by atoms with Crippen LogP contribution in [0.5, 0.6) is 0 Å². The highest BCUT2D eigenvalue weighted by Gasteiger charge is 2.38. The second-order valence-electron chi connectivity index (χ2n) is 4.71. The minimum atomic E-state index is -0.623. The zero-order valence-electron chi connectivity index (χ0n) is 11.3. The Morgan fingerprint density at radius 3 is 2.76 bits per heavy atom. The molecule has 21 heavy (non-hydrogen) atoms. The van der Waals surface area contributed by atoms with Crippen molar-refractivity contribution in [3.63, 3.8) is 0 Å². The van der Waals surface area contributed by atoms with Gasteiger partial charge >= 0.3 is 0 Å². The maximum Gasteiger partial charge on any atom is 0.270 e. The van der Waals surface area contributed by atoms with Crippen LogP contribution in [0.25, 0.3) is 0 Å². The van der Waals surface area contributed by atoms with E-state index in [2.05, 4.69) is 21.2 Å². The van der Waals surface area contributed by atoms with E-state index in [-0.39, 0.29) is 23.9 Å². The lowest BCUT2D eigenvalue weighted by molar-refractivity contribution is -0.384. The van der Waals surface area contributed by atoms with E-state index in [4.69, 9.17) is 0 Å². The lowest BCUT2D eigenvalue weighted by Gasteiger charge is -2.15. The van der Waals surface area contributed by atoms with Crippen LogP contribution in [0.1, 0.15) is 19.8 Å². The number of hydrogen-bond acceptors (Lipinski definition) is 5. The van der Waals surface area contributed by atoms with E-state index in [9.17, 15) is 19.7 Å². The first-order valence-corrected chi connectivity index (χ1v) is 7.28. The zero-order valence-corrected chi connectivity index (χ0v) is 12.9. The van der Waals surface area contributed by atoms with Crippen LogP contribution < -0.4 is 5.32 Å². The van der Waals surface area contributed by atoms with Crippen LogP contribution in [0.15, 0.2) is 22.7 Å². The fourth-order valence-corrected chi connectivity index (χ4v) is 2.66. The summed E-state index contributed by atoms with van der Waals surface area (Å²) < 4.78 is 0.478. The molecule has 1 aliphatic heterocycles. The number of rotatable bonds is 5. The van der Waals surface area contributed by atoms with Crippen LogP contribution in [0, 0.1) is 10.1 Å². The molecule has 0 radical (unpaired) electrons. The van der Waals surface area contributed by atoms with Gasteiger partial charge in [0, 0.05) is 28.8 Å². The quantitative estimate of drug-likeness (QED) is 0.497. The van der Waals surface area contributed by atoms with Crippen LogP contribution >= 0.6 is 15.9 Å². The lowest BCUT2D eigenvalue weighted by atomic mass is 10.2. The van der Waals surface area contributed by atoms with Gasteiger partial charge in [-0.05, 0) is 28.4 Å². The second-order valence-corrected chi connectivity index (χ2v) is 5.56. The molecule has 1 unspecified atom stereocenters. The highest BCUT2D eigenvalue weighted by molar-refractivity contribution is 9.10. The van der Waals surface area contributed by atoms with Gasteiger partial charge in [0.2, 0.25) is 5.91 Å². The number of benzene rings is 1. The molecular formula is C13H14BrN3O4. The summed E-state index contributed by atoms with van der Waals surface area (Å²) in [5.41, 5.74) is 0.499. The summed E-state index contributed by atoms with van der Waals surface area (Å²) in [6.07, 6.45) is 0.813. The monoisotopic (exact) mass is 355 g/mol. The number of hydrogen-bond donors (Lipinski definition) is 1. The number of non-ortho nitro benzene ring substituents is 1. The number of halogens is 1. The standard InChI is InChI=1S/C13H14BrN3O4/c1-2-5-16-12(18)7-11(13(16)19)15-10-4-3-8(17(20)21)6-9(10)14/h3-4,6,11,15H,2,5,7H2,1H3. The molecule has 0 spiro atoms. The van der Waals surface area contributed by atoms with E-state index in [1.165, 1.54) is 23.1 Å². The third-order valence-corrected chi connectivity index (χ3v) is 3.84. The maximum atomic E-state index is 12.1. The molecule has 1 fully saturated rings. The van der Waals surface area contributed by atoms with Crippen LogP contribution in [-0.2, 0) is 9.59 Å². The van der Waals surface area contributed by atoms with Gasteiger partial charge in [-0.15, -0.1) is 0 Å². The van der Waals surface area contributed by atoms with Gasteiger partial charge in [-0.2, -0.15) is 0 Å². The summed E-state index contributed by atoms with van der Waals surface area (Å²) in [7, 11) is 0. The average Bonchev–Trinajstić information content (AvgIpc) is 2.69. The van der Waals surface area contributed by atoms with Crippen LogP contribution in [0.2, 0.25) is 0 Å². The number of carbonyl (C=O) groups excluding carboxylic acids is 2. The first-order chi connectivity index (χ1) is 9.93. The SMILES string of the molecule is CCCN1C(=O)CC(Nc2ccc([N+](=O)[O-])cc2Br)C1=O. The molecule has 0 aliphatic carbocycles. The smallest absolute Gasteiger partial charge is 0.270 e. The van der Waals surface area contributed by atoms with Gasteiger partial charge in [-0.1, -0.05) is 6.92 Å². The molecule has 1 heterocycles. The largest absolute Gasteiger partial charge is 0.372 e. The number of imide groups is 1. The van der Waals surface area contributed by atoms with Crippen LogP contribution in [-0.4, -0.2) is 34.2 Å². The van der Waals surface area contributed by atoms with Gasteiger partial charge in [0.25, 0.3) is 11.6 Å². The summed E-state index contributed by atoms with van der Waals surface area (Å²) in [4.78, 5) is 35.3. The molecule has 1 N–H and O–H groups in total. The second kappa shape index (κ2) is 6.21.